The van der Waals surface area contributed by atoms with Crippen molar-refractivity contribution in [3.8, 4) is 0 Å². The summed E-state index contributed by atoms with van der Waals surface area (Å²) in [6.07, 6.45) is 110. The predicted molar refractivity (Wildman–Crippen MR) is 467 cm³/mol. The zero-order chi connectivity index (χ0) is 79.3. The van der Waals surface area contributed by atoms with Gasteiger partial charge in [-0.05, 0) is 25.7 Å². The summed E-state index contributed by atoms with van der Waals surface area (Å²) in [5.41, 5.74) is 0. The summed E-state index contributed by atoms with van der Waals surface area (Å²) < 4.78 is 59.3. The van der Waals surface area contributed by atoms with E-state index in [0.717, 1.165) is 59.2 Å². The summed E-state index contributed by atoms with van der Waals surface area (Å²) >= 11 is 2.70. The molecule has 11 heteroatoms. The minimum absolute atomic E-state index is 0.985. The van der Waals surface area contributed by atoms with Crippen LogP contribution < -0.4 is 55.9 Å². The van der Waals surface area contributed by atoms with Crippen LogP contribution in [0.4, 0.5) is 0 Å². The van der Waals surface area contributed by atoms with E-state index in [0.29, 0.717) is 0 Å². The quantitative estimate of drug-likeness (QED) is 0.0256. The summed E-state index contributed by atoms with van der Waals surface area (Å²) in [6, 6.07) is 0. The number of hydrogen-bond acceptors (Lipinski definition) is 8. The third-order valence-corrected chi connectivity index (χ3v) is 24.3. The second-order valence-electron chi connectivity index (χ2n) is 33.6. The Morgan fingerprint density at radius 2 is 0.280 bits per heavy atom. The van der Waals surface area contributed by atoms with Crippen LogP contribution in [0.25, 0.3) is 0 Å². The minimum atomic E-state index is -5.17. The maximum atomic E-state index is 8.52. The van der Waals surface area contributed by atoms with E-state index in [9.17, 15) is 0 Å². The van der Waals surface area contributed by atoms with Gasteiger partial charge in [0.1, 0.15) is 0 Å². The van der Waals surface area contributed by atoms with Gasteiger partial charge < -0.3 is 18.6 Å². The molecule has 0 aromatic rings. The van der Waals surface area contributed by atoms with Gasteiger partial charge in [-0.15, -0.1) is 0 Å². The molecule has 8 nitrogen and oxygen atoms in total. The van der Waals surface area contributed by atoms with Crippen LogP contribution in [-0.2, 0) is 29.3 Å². The molecule has 0 rings (SSSR count). The van der Waals surface area contributed by atoms with Gasteiger partial charge in [0, 0.05) is 36.8 Å². The van der Waals surface area contributed by atoms with Crippen LogP contribution in [0, 0.1) is 0 Å². The van der Waals surface area contributed by atoms with Gasteiger partial charge in [0.25, 0.3) is 0 Å². The Morgan fingerprint density at radius 3 is 0.411 bits per heavy atom. The molecule has 0 aliphatic carbocycles. The Kier molecular flexibility index (Phi) is 125. The molecule has 0 fully saturated rings. The fourth-order valence-electron chi connectivity index (χ4n) is 14.3. The van der Waals surface area contributed by atoms with Crippen molar-refractivity contribution in [3.63, 3.8) is 0 Å². The number of rotatable bonds is 88. The Bertz CT molecular complexity index is 1400. The first-order chi connectivity index (χ1) is 52.4. The van der Waals surface area contributed by atoms with E-state index in [1.165, 1.54) is 557 Å². The van der Waals surface area contributed by atoms with Gasteiger partial charge in [0.15, 0.2) is 0 Å². The Hall–Kier alpha value is 1.71. The molecular formula is C96H198Na2O8S. The summed E-state index contributed by atoms with van der Waals surface area (Å²) in [4.78, 5) is 0. The smallest absolute Gasteiger partial charge is 0.0311 e. The fraction of sp³-hybridized carbons (Fsp3) is 1.00. The molecule has 0 heterocycles. The van der Waals surface area contributed by atoms with Crippen LogP contribution in [0.3, 0.4) is 0 Å². The largest absolute Gasteiger partial charge is 0.759 e. The summed E-state index contributed by atoms with van der Waals surface area (Å²) in [5.74, 6) is 0. The van der Waals surface area contributed by atoms with Crippen molar-refractivity contribution in [2.75, 3.05) is 52.9 Å². The zero-order valence-electron chi connectivity index (χ0n) is 75.6. The van der Waals surface area contributed by atoms with Crippen LogP contribution in [0.15, 0.2) is 0 Å². The first-order valence-electron chi connectivity index (χ1n) is 49.4. The van der Waals surface area contributed by atoms with E-state index >= 15 is 0 Å². The Balaban J connectivity index is -0.000000422. The van der Waals surface area contributed by atoms with Crippen LogP contribution in [0.5, 0.6) is 0 Å². The molecule has 2 atom stereocenters. The van der Waals surface area contributed by atoms with Crippen molar-refractivity contribution in [2.45, 2.75) is 563 Å². The molecule has 0 aliphatic heterocycles. The van der Waals surface area contributed by atoms with Crippen molar-refractivity contribution in [1.29, 1.82) is 0 Å². The van der Waals surface area contributed by atoms with Gasteiger partial charge in [-0.25, -0.2) is 0 Å². The monoisotopic (exact) mass is 1560 g/mol. The van der Waals surface area contributed by atoms with E-state index in [-0.39, 0.29) is 0 Å². The molecule has 2 unspecified atom stereocenters. The molecule has 0 bridgehead atoms. The van der Waals surface area contributed by atoms with Crippen molar-refractivity contribution in [3.05, 3.63) is 0 Å². The normalized spacial score (nSPS) is 11.9. The second-order valence-corrected chi connectivity index (χ2v) is 37.6. The maximum Gasteiger partial charge on any atom is 0.0311 e. The topological polar surface area (TPSA) is 117 Å². The van der Waals surface area contributed by atoms with E-state index in [2.05, 4.69) is 55.4 Å². The average Bonchev–Trinajstić information content (AvgIpc) is 2.82. The molecule has 0 saturated carbocycles. The van der Waals surface area contributed by atoms with E-state index in [1.807, 2.05) is 0 Å². The van der Waals surface area contributed by atoms with Gasteiger partial charge in [-0.1, -0.05) is 311 Å². The van der Waals surface area contributed by atoms with Gasteiger partial charge in [0.2, 0.25) is 0 Å². The molecule has 638 valence electrons. The molecule has 107 heavy (non-hydrogen) atoms. The van der Waals surface area contributed by atoms with Crippen LogP contribution in [0.2, 0.25) is 6.33 Å². The van der Waals surface area contributed by atoms with Crippen LogP contribution in [0.1, 0.15) is 556 Å². The van der Waals surface area contributed by atoms with Gasteiger partial charge in [-0.2, -0.15) is 0 Å². The molecule has 0 N–H and O–H groups in total. The first kappa shape index (κ1) is 117. The van der Waals surface area contributed by atoms with Crippen molar-refractivity contribution in [1.82, 2.24) is 0 Å². The predicted octanol–water partition coefficient (Wildman–Crippen LogP) is 27.9. The molecule has 0 aliphatic rings. The second kappa shape index (κ2) is 114. The first-order valence-corrected chi connectivity index (χ1v) is 53.1. The van der Waals surface area contributed by atoms with Gasteiger partial charge >= 0.3 is 317 Å². The molecule has 0 aromatic heterocycles. The number of unbranched alkanes of at least 4 members (excludes halogenated alkanes) is 66. The van der Waals surface area contributed by atoms with Crippen molar-refractivity contribution < 1.29 is 92.3 Å². The maximum absolute atomic E-state index is 8.52. The minimum Gasteiger partial charge on any atom is -0.759 e. The molecule has 0 aromatic carbocycles. The Labute approximate surface area is 712 Å². The molecule has 0 spiro atoms. The molecule has 14 radical (unpaired) electrons. The SMILES string of the molecule is CCCCCCCCCCCCOCCCCCCCCCCCC.CCCCCCCCCCCCOCCCCCCCCCCCC.CCCCCCCCCCCCOCC[CH]([Na+])CCCCCCCCC.CCCCCCCCCCCCOCC[CH]([Na+])CCCCCCCCC.O=S(=O)([O-])[O-]. The summed E-state index contributed by atoms with van der Waals surface area (Å²) in [7, 11) is -5.17. The third-order valence-electron chi connectivity index (χ3n) is 22.0. The van der Waals surface area contributed by atoms with Gasteiger partial charge in [-0.3, -0.25) is 8.42 Å². The number of ether oxygens (including phenoxy) is 4. The Morgan fingerprint density at radius 1 is 0.178 bits per heavy atom. The van der Waals surface area contributed by atoms with Crippen LogP contribution >= 0.6 is 0 Å². The summed E-state index contributed by atoms with van der Waals surface area (Å²) in [6.45, 7) is 26.4. The molecular weight excluding hydrogens is 1360 g/mol. The number of hydrogen-bond donors (Lipinski definition) is 0. The fourth-order valence-corrected chi connectivity index (χ4v) is 15.6. The molecule has 0 saturated heterocycles. The standard InChI is InChI=1S/2C24H50O.2C24H49O.2Na.H2O4S/c4*1-3-5-7-9-11-13-15-17-19-21-23-25-24-22-20-18-16-14-12-10-8-6-4-2;;;1-5(2,3)4/h2*3-24H2,1-2H3;2*19H,3-18,20-24H2,1-2H3;;;(H2,1,2,3,4)/q;;;;2*+1;/p-2. The van der Waals surface area contributed by atoms with E-state index < -0.39 is 10.4 Å². The van der Waals surface area contributed by atoms with Crippen molar-refractivity contribution in [2.24, 2.45) is 0 Å². The summed E-state index contributed by atoms with van der Waals surface area (Å²) in [5, 5.41) is 0. The van der Waals surface area contributed by atoms with Gasteiger partial charge in [0.05, 0.1) is 0 Å². The van der Waals surface area contributed by atoms with Crippen molar-refractivity contribution >= 4 is 10.4 Å². The van der Waals surface area contributed by atoms with E-state index in [1.54, 1.807) is 0 Å². The third kappa shape index (κ3) is 137. The zero-order valence-corrected chi connectivity index (χ0v) is 80.5. The molecule has 0 amide bonds. The van der Waals surface area contributed by atoms with E-state index in [4.69, 9.17) is 36.5 Å². The van der Waals surface area contributed by atoms with Crippen LogP contribution in [-0.4, -0.2) is 70.4 Å². The average molecular weight is 1560 g/mol.